The van der Waals surface area contributed by atoms with Gasteiger partial charge >= 0.3 is 0 Å². The summed E-state index contributed by atoms with van der Waals surface area (Å²) < 4.78 is 5.50. The Morgan fingerprint density at radius 3 is 2.80 bits per heavy atom. The molecule has 1 aromatic heterocycles. The lowest BCUT2D eigenvalue weighted by atomic mass is 10.1. The minimum absolute atomic E-state index is 0.0124. The third-order valence-corrected chi connectivity index (χ3v) is 4.54. The second kappa shape index (κ2) is 6.51. The molecule has 25 heavy (non-hydrogen) atoms. The van der Waals surface area contributed by atoms with E-state index in [4.69, 9.17) is 4.52 Å². The number of nitrogens with zero attached hydrogens (tertiary/aromatic N) is 3. The molecule has 1 saturated heterocycles. The fourth-order valence-electron chi connectivity index (χ4n) is 3.29. The van der Waals surface area contributed by atoms with Crippen molar-refractivity contribution in [3.8, 4) is 11.4 Å². The van der Waals surface area contributed by atoms with Crippen LogP contribution in [0.2, 0.25) is 0 Å². The summed E-state index contributed by atoms with van der Waals surface area (Å²) in [4.78, 5) is 19.2. The van der Waals surface area contributed by atoms with Gasteiger partial charge < -0.3 is 9.42 Å². The molecular formula is C20H19N3O2. The minimum atomic E-state index is -0.154. The van der Waals surface area contributed by atoms with Crippen molar-refractivity contribution in [1.82, 2.24) is 15.0 Å². The molecule has 0 aliphatic carbocycles. The van der Waals surface area contributed by atoms with Crippen LogP contribution in [0.3, 0.4) is 0 Å². The van der Waals surface area contributed by atoms with Gasteiger partial charge in [0.15, 0.2) is 0 Å². The summed E-state index contributed by atoms with van der Waals surface area (Å²) >= 11 is 0. The van der Waals surface area contributed by atoms with Crippen molar-refractivity contribution in [2.24, 2.45) is 0 Å². The van der Waals surface area contributed by atoms with Gasteiger partial charge in [-0.05, 0) is 38.0 Å². The highest BCUT2D eigenvalue weighted by Gasteiger charge is 2.34. The number of hydrogen-bond acceptors (Lipinski definition) is 4. The fourth-order valence-corrected chi connectivity index (χ4v) is 3.29. The number of carbonyl (C=O) groups excluding carboxylic acids is 1. The van der Waals surface area contributed by atoms with Crippen LogP contribution >= 0.6 is 0 Å². The van der Waals surface area contributed by atoms with Crippen molar-refractivity contribution in [3.05, 3.63) is 71.6 Å². The molecule has 5 nitrogen and oxygen atoms in total. The van der Waals surface area contributed by atoms with Gasteiger partial charge in [-0.15, -0.1) is 0 Å². The van der Waals surface area contributed by atoms with Crippen molar-refractivity contribution in [3.63, 3.8) is 0 Å². The Bertz CT molecular complexity index is 889. The molecule has 0 radical (unpaired) electrons. The highest BCUT2D eigenvalue weighted by Crippen LogP contribution is 2.33. The van der Waals surface area contributed by atoms with E-state index in [1.54, 1.807) is 0 Å². The van der Waals surface area contributed by atoms with Crippen LogP contribution in [0.1, 0.15) is 40.7 Å². The average Bonchev–Trinajstić information content (AvgIpc) is 3.31. The van der Waals surface area contributed by atoms with Crippen molar-refractivity contribution in [2.75, 3.05) is 6.54 Å². The van der Waals surface area contributed by atoms with Gasteiger partial charge in [-0.3, -0.25) is 4.79 Å². The molecule has 0 spiro atoms. The van der Waals surface area contributed by atoms with E-state index in [0.717, 1.165) is 24.0 Å². The van der Waals surface area contributed by atoms with Crippen LogP contribution in [0.15, 0.2) is 59.1 Å². The first-order valence-electron chi connectivity index (χ1n) is 8.49. The molecule has 1 atom stereocenters. The van der Waals surface area contributed by atoms with E-state index in [1.165, 1.54) is 0 Å². The molecular weight excluding hydrogens is 314 g/mol. The molecule has 5 heteroatoms. The molecule has 4 rings (SSSR count). The van der Waals surface area contributed by atoms with Gasteiger partial charge in [-0.1, -0.05) is 47.1 Å². The Hall–Kier alpha value is -2.95. The lowest BCUT2D eigenvalue weighted by molar-refractivity contribution is 0.0710. The van der Waals surface area contributed by atoms with Crippen LogP contribution in [-0.4, -0.2) is 27.5 Å². The zero-order valence-corrected chi connectivity index (χ0v) is 14.1. The number of hydrogen-bond donors (Lipinski definition) is 0. The highest BCUT2D eigenvalue weighted by molar-refractivity contribution is 5.94. The summed E-state index contributed by atoms with van der Waals surface area (Å²) in [5, 5.41) is 4.11. The third-order valence-electron chi connectivity index (χ3n) is 4.54. The second-order valence-corrected chi connectivity index (χ2v) is 6.35. The maximum absolute atomic E-state index is 12.8. The monoisotopic (exact) mass is 333 g/mol. The summed E-state index contributed by atoms with van der Waals surface area (Å²) in [6, 6.07) is 17.2. The fraction of sp³-hybridized carbons (Fsp3) is 0.250. The second-order valence-electron chi connectivity index (χ2n) is 6.35. The molecule has 0 bridgehead atoms. The van der Waals surface area contributed by atoms with Gasteiger partial charge in [0.2, 0.25) is 11.7 Å². The van der Waals surface area contributed by atoms with Crippen molar-refractivity contribution >= 4 is 5.91 Å². The standard InChI is InChI=1S/C20H19N3O2/c1-14-7-5-10-16(13-14)18-21-19(25-22-18)17-11-6-12-23(17)20(24)15-8-3-2-4-9-15/h2-5,7-10,13,17H,6,11-12H2,1H3. The van der Waals surface area contributed by atoms with Crippen LogP contribution in [0, 0.1) is 6.92 Å². The molecule has 2 heterocycles. The summed E-state index contributed by atoms with van der Waals surface area (Å²) in [5.41, 5.74) is 2.76. The molecule has 1 aliphatic heterocycles. The Morgan fingerprint density at radius 2 is 2.00 bits per heavy atom. The topological polar surface area (TPSA) is 59.2 Å². The van der Waals surface area contributed by atoms with Crippen LogP contribution < -0.4 is 0 Å². The van der Waals surface area contributed by atoms with Crippen molar-refractivity contribution in [2.45, 2.75) is 25.8 Å². The first-order chi connectivity index (χ1) is 12.2. The lowest BCUT2D eigenvalue weighted by Crippen LogP contribution is -2.30. The summed E-state index contributed by atoms with van der Waals surface area (Å²) in [6.45, 7) is 2.74. The Kier molecular flexibility index (Phi) is 4.06. The molecule has 1 amide bonds. The van der Waals surface area contributed by atoms with E-state index in [1.807, 2.05) is 66.4 Å². The Morgan fingerprint density at radius 1 is 1.16 bits per heavy atom. The number of rotatable bonds is 3. The predicted octanol–water partition coefficient (Wildman–Crippen LogP) is 4.02. The number of aryl methyl sites for hydroxylation is 1. The SMILES string of the molecule is Cc1cccc(-c2noc(C3CCCN3C(=O)c3ccccc3)n2)c1. The number of likely N-dealkylation sites (tertiary alicyclic amines) is 1. The molecule has 126 valence electrons. The van der Waals surface area contributed by atoms with Crippen LogP contribution in [0.4, 0.5) is 0 Å². The quantitative estimate of drug-likeness (QED) is 0.726. The van der Waals surface area contributed by atoms with E-state index in [9.17, 15) is 4.79 Å². The zero-order valence-electron chi connectivity index (χ0n) is 14.1. The first kappa shape index (κ1) is 15.6. The smallest absolute Gasteiger partial charge is 0.254 e. The number of amides is 1. The van der Waals surface area contributed by atoms with Crippen molar-refractivity contribution in [1.29, 1.82) is 0 Å². The lowest BCUT2D eigenvalue weighted by Gasteiger charge is -2.21. The molecule has 3 aromatic rings. The van der Waals surface area contributed by atoms with Crippen LogP contribution in [0.25, 0.3) is 11.4 Å². The van der Waals surface area contributed by atoms with Crippen LogP contribution in [-0.2, 0) is 0 Å². The molecule has 1 fully saturated rings. The number of aromatic nitrogens is 2. The van der Waals surface area contributed by atoms with Gasteiger partial charge in [0.1, 0.15) is 6.04 Å². The van der Waals surface area contributed by atoms with Gasteiger partial charge in [-0.25, -0.2) is 0 Å². The Labute approximate surface area is 146 Å². The highest BCUT2D eigenvalue weighted by atomic mass is 16.5. The summed E-state index contributed by atoms with van der Waals surface area (Å²) in [7, 11) is 0. The average molecular weight is 333 g/mol. The molecule has 0 N–H and O–H groups in total. The summed E-state index contributed by atoms with van der Waals surface area (Å²) in [5.74, 6) is 1.09. The van der Waals surface area contributed by atoms with Gasteiger partial charge in [-0.2, -0.15) is 4.98 Å². The number of benzene rings is 2. The Balaban J connectivity index is 1.60. The zero-order chi connectivity index (χ0) is 17.2. The molecule has 1 unspecified atom stereocenters. The van der Waals surface area contributed by atoms with E-state index >= 15 is 0 Å². The maximum atomic E-state index is 12.8. The van der Waals surface area contributed by atoms with Gasteiger partial charge in [0, 0.05) is 17.7 Å². The predicted molar refractivity (Wildman–Crippen MR) is 93.9 cm³/mol. The van der Waals surface area contributed by atoms with Crippen LogP contribution in [0.5, 0.6) is 0 Å². The summed E-state index contributed by atoms with van der Waals surface area (Å²) in [6.07, 6.45) is 1.78. The van der Waals surface area contributed by atoms with E-state index in [0.29, 0.717) is 23.8 Å². The number of carbonyl (C=O) groups is 1. The van der Waals surface area contributed by atoms with E-state index in [-0.39, 0.29) is 11.9 Å². The largest absolute Gasteiger partial charge is 0.337 e. The van der Waals surface area contributed by atoms with Gasteiger partial charge in [0.05, 0.1) is 0 Å². The molecule has 2 aromatic carbocycles. The maximum Gasteiger partial charge on any atom is 0.254 e. The minimum Gasteiger partial charge on any atom is -0.337 e. The van der Waals surface area contributed by atoms with Crippen molar-refractivity contribution < 1.29 is 9.32 Å². The van der Waals surface area contributed by atoms with E-state index < -0.39 is 0 Å². The third kappa shape index (κ3) is 3.05. The molecule has 1 aliphatic rings. The normalized spacial score (nSPS) is 17.0. The first-order valence-corrected chi connectivity index (χ1v) is 8.49. The molecule has 0 saturated carbocycles. The van der Waals surface area contributed by atoms with E-state index in [2.05, 4.69) is 10.1 Å². The van der Waals surface area contributed by atoms with Gasteiger partial charge in [0.25, 0.3) is 5.91 Å².